The molecule has 0 aliphatic rings. The Morgan fingerprint density at radius 2 is 1.43 bits per heavy atom. The van der Waals surface area contributed by atoms with Crippen LogP contribution in [0.1, 0.15) is 39.4 Å². The normalized spacial score (nSPS) is 12.5. The summed E-state index contributed by atoms with van der Waals surface area (Å²) in [5, 5.41) is 3.06. The molecule has 0 amide bonds. The molecule has 1 atom stereocenters. The van der Waals surface area contributed by atoms with Gasteiger partial charge in [0.1, 0.15) is 11.6 Å². The number of aryl methyl sites for hydroxylation is 4. The van der Waals surface area contributed by atoms with Gasteiger partial charge in [0.2, 0.25) is 0 Å². The zero-order chi connectivity index (χ0) is 15.7. The first kappa shape index (κ1) is 15.6. The van der Waals surface area contributed by atoms with Crippen LogP contribution in [-0.4, -0.2) is 7.05 Å². The fourth-order valence-corrected chi connectivity index (χ4v) is 3.02. The number of rotatable bonds is 3. The fourth-order valence-electron chi connectivity index (χ4n) is 3.02. The Labute approximate surface area is 125 Å². The third-order valence-corrected chi connectivity index (χ3v) is 3.92. The summed E-state index contributed by atoms with van der Waals surface area (Å²) in [5.74, 6) is -0.995. The van der Waals surface area contributed by atoms with E-state index >= 15 is 0 Å². The largest absolute Gasteiger partial charge is 0.309 e. The van der Waals surface area contributed by atoms with Crippen molar-refractivity contribution in [2.45, 2.75) is 33.7 Å². The van der Waals surface area contributed by atoms with Crippen LogP contribution in [0.4, 0.5) is 8.78 Å². The van der Waals surface area contributed by atoms with Crippen LogP contribution in [0, 0.1) is 39.3 Å². The molecule has 1 unspecified atom stereocenters. The summed E-state index contributed by atoms with van der Waals surface area (Å²) in [7, 11) is 1.73. The van der Waals surface area contributed by atoms with Crippen molar-refractivity contribution in [1.82, 2.24) is 5.32 Å². The maximum atomic E-state index is 14.4. The zero-order valence-electron chi connectivity index (χ0n) is 13.1. The van der Waals surface area contributed by atoms with Crippen molar-refractivity contribution in [2.75, 3.05) is 7.05 Å². The second-order valence-electron chi connectivity index (χ2n) is 5.63. The lowest BCUT2D eigenvalue weighted by molar-refractivity contribution is 0.516. The van der Waals surface area contributed by atoms with Crippen LogP contribution in [0.25, 0.3) is 0 Å². The Hall–Kier alpha value is -1.74. The van der Waals surface area contributed by atoms with Crippen molar-refractivity contribution in [3.05, 3.63) is 69.3 Å². The molecule has 112 valence electrons. The highest BCUT2D eigenvalue weighted by Crippen LogP contribution is 2.32. The highest BCUT2D eigenvalue weighted by Gasteiger charge is 2.24. The lowest BCUT2D eigenvalue weighted by Gasteiger charge is -2.23. The van der Waals surface area contributed by atoms with Crippen LogP contribution in [0.3, 0.4) is 0 Å². The standard InChI is InChI=1S/C18H21F2N/c1-10-8-12(3)15(13(4)9-10)18(21-5)16-14(19)7-6-11(2)17(16)20/h6-9,18,21H,1-5H3. The summed E-state index contributed by atoms with van der Waals surface area (Å²) in [4.78, 5) is 0. The predicted molar refractivity (Wildman–Crippen MR) is 82.7 cm³/mol. The van der Waals surface area contributed by atoms with Gasteiger partial charge in [0, 0.05) is 5.56 Å². The van der Waals surface area contributed by atoms with Crippen LogP contribution < -0.4 is 5.32 Å². The van der Waals surface area contributed by atoms with Gasteiger partial charge in [-0.3, -0.25) is 0 Å². The molecule has 0 heterocycles. The van der Waals surface area contributed by atoms with Crippen molar-refractivity contribution in [1.29, 1.82) is 0 Å². The molecule has 0 bridgehead atoms. The monoisotopic (exact) mass is 289 g/mol. The molecule has 2 aromatic rings. The maximum absolute atomic E-state index is 14.4. The fraction of sp³-hybridized carbons (Fsp3) is 0.333. The van der Waals surface area contributed by atoms with Crippen molar-refractivity contribution >= 4 is 0 Å². The van der Waals surface area contributed by atoms with E-state index in [1.54, 1.807) is 14.0 Å². The topological polar surface area (TPSA) is 12.0 Å². The molecule has 21 heavy (non-hydrogen) atoms. The highest BCUT2D eigenvalue weighted by molar-refractivity contribution is 5.45. The number of hydrogen-bond acceptors (Lipinski definition) is 1. The minimum absolute atomic E-state index is 0.0903. The molecule has 0 aliphatic carbocycles. The van der Waals surface area contributed by atoms with Crippen LogP contribution in [0.15, 0.2) is 24.3 Å². The third kappa shape index (κ3) is 2.84. The van der Waals surface area contributed by atoms with Crippen molar-refractivity contribution in [3.8, 4) is 0 Å². The summed E-state index contributed by atoms with van der Waals surface area (Å²) in [6, 6.07) is 6.38. The summed E-state index contributed by atoms with van der Waals surface area (Å²) < 4.78 is 28.7. The van der Waals surface area contributed by atoms with E-state index in [0.717, 1.165) is 22.3 Å². The molecular weight excluding hydrogens is 268 g/mol. The van der Waals surface area contributed by atoms with E-state index in [2.05, 4.69) is 5.32 Å². The Balaban J connectivity index is 2.69. The summed E-state index contributed by atoms with van der Waals surface area (Å²) in [6.07, 6.45) is 0. The third-order valence-electron chi connectivity index (χ3n) is 3.92. The smallest absolute Gasteiger partial charge is 0.134 e. The van der Waals surface area contributed by atoms with Crippen molar-refractivity contribution < 1.29 is 8.78 Å². The van der Waals surface area contributed by atoms with E-state index in [-0.39, 0.29) is 5.56 Å². The second-order valence-corrected chi connectivity index (χ2v) is 5.63. The van der Waals surface area contributed by atoms with Gasteiger partial charge >= 0.3 is 0 Å². The molecule has 2 rings (SSSR count). The average molecular weight is 289 g/mol. The molecule has 3 heteroatoms. The van der Waals surface area contributed by atoms with Crippen LogP contribution in [-0.2, 0) is 0 Å². The minimum Gasteiger partial charge on any atom is -0.309 e. The Morgan fingerprint density at radius 1 is 0.857 bits per heavy atom. The van der Waals surface area contributed by atoms with Gasteiger partial charge in [0.25, 0.3) is 0 Å². The first-order valence-corrected chi connectivity index (χ1v) is 7.06. The molecule has 0 saturated carbocycles. The van der Waals surface area contributed by atoms with Gasteiger partial charge in [-0.1, -0.05) is 23.8 Å². The molecule has 1 N–H and O–H groups in total. The SMILES string of the molecule is CNC(c1c(C)cc(C)cc1C)c1c(F)ccc(C)c1F. The van der Waals surface area contributed by atoms with Gasteiger partial charge in [-0.25, -0.2) is 8.78 Å². The van der Waals surface area contributed by atoms with Gasteiger partial charge in [-0.05, 0) is 63.1 Å². The molecule has 0 aliphatic heterocycles. The first-order chi connectivity index (χ1) is 9.86. The van der Waals surface area contributed by atoms with E-state index < -0.39 is 17.7 Å². The van der Waals surface area contributed by atoms with Crippen molar-refractivity contribution in [2.24, 2.45) is 0 Å². The summed E-state index contributed by atoms with van der Waals surface area (Å²) >= 11 is 0. The zero-order valence-corrected chi connectivity index (χ0v) is 13.1. The van der Waals surface area contributed by atoms with Gasteiger partial charge < -0.3 is 5.32 Å². The summed E-state index contributed by atoms with van der Waals surface area (Å²) in [5.41, 5.74) is 4.70. The number of hydrogen-bond donors (Lipinski definition) is 1. The molecule has 0 aromatic heterocycles. The average Bonchev–Trinajstić information content (AvgIpc) is 2.40. The van der Waals surface area contributed by atoms with Gasteiger partial charge in [0.05, 0.1) is 6.04 Å². The van der Waals surface area contributed by atoms with E-state index in [0.29, 0.717) is 5.56 Å². The Kier molecular flexibility index (Phi) is 4.43. The van der Waals surface area contributed by atoms with Crippen LogP contribution in [0.5, 0.6) is 0 Å². The van der Waals surface area contributed by atoms with E-state index in [9.17, 15) is 8.78 Å². The lowest BCUT2D eigenvalue weighted by Crippen LogP contribution is -2.23. The van der Waals surface area contributed by atoms with E-state index in [4.69, 9.17) is 0 Å². The summed E-state index contributed by atoms with van der Waals surface area (Å²) in [6.45, 7) is 7.63. The van der Waals surface area contributed by atoms with Gasteiger partial charge in [0.15, 0.2) is 0 Å². The first-order valence-electron chi connectivity index (χ1n) is 7.06. The Morgan fingerprint density at radius 3 is 1.95 bits per heavy atom. The molecule has 1 nitrogen and oxygen atoms in total. The van der Waals surface area contributed by atoms with Gasteiger partial charge in [-0.2, -0.15) is 0 Å². The number of nitrogens with one attached hydrogen (secondary N) is 1. The molecule has 0 saturated heterocycles. The second kappa shape index (κ2) is 5.94. The van der Waals surface area contributed by atoms with Gasteiger partial charge in [-0.15, -0.1) is 0 Å². The van der Waals surface area contributed by atoms with Crippen LogP contribution >= 0.6 is 0 Å². The molecular formula is C18H21F2N. The molecule has 0 spiro atoms. The van der Waals surface area contributed by atoms with E-state index in [1.807, 2.05) is 32.9 Å². The van der Waals surface area contributed by atoms with Crippen molar-refractivity contribution in [3.63, 3.8) is 0 Å². The molecule has 0 fully saturated rings. The highest BCUT2D eigenvalue weighted by atomic mass is 19.1. The number of benzene rings is 2. The maximum Gasteiger partial charge on any atom is 0.134 e. The quantitative estimate of drug-likeness (QED) is 0.876. The molecule has 0 radical (unpaired) electrons. The lowest BCUT2D eigenvalue weighted by atomic mass is 9.89. The number of halogens is 2. The van der Waals surface area contributed by atoms with E-state index in [1.165, 1.54) is 12.1 Å². The van der Waals surface area contributed by atoms with Crippen LogP contribution in [0.2, 0.25) is 0 Å². The Bertz CT molecular complexity index is 654. The minimum atomic E-state index is -0.517. The molecule has 2 aromatic carbocycles. The predicted octanol–water partition coefficient (Wildman–Crippen LogP) is 4.51.